The van der Waals surface area contributed by atoms with E-state index in [1.165, 1.54) is 0 Å². The van der Waals surface area contributed by atoms with Gasteiger partial charge < -0.3 is 4.74 Å². The Hall–Kier alpha value is -0.940. The number of hydrogen-bond donors (Lipinski definition) is 1. The van der Waals surface area contributed by atoms with Gasteiger partial charge in [0, 0.05) is 0 Å². The van der Waals surface area contributed by atoms with Gasteiger partial charge in [0.25, 0.3) is 0 Å². The van der Waals surface area contributed by atoms with Gasteiger partial charge in [-0.3, -0.25) is 5.21 Å². The van der Waals surface area contributed by atoms with Gasteiger partial charge in [0.15, 0.2) is 0 Å². The minimum Gasteiger partial charge on any atom is -0.443 e. The Balaban J connectivity index is 2.48. The molecular formula is C12H12Cl3NO3. The van der Waals surface area contributed by atoms with E-state index in [2.05, 4.69) is 11.3 Å². The van der Waals surface area contributed by atoms with Gasteiger partial charge >= 0.3 is 6.09 Å². The molecule has 0 aromatic heterocycles. The fourth-order valence-corrected chi connectivity index (χ4v) is 1.39. The van der Waals surface area contributed by atoms with Gasteiger partial charge in [0.05, 0.1) is 6.54 Å². The summed E-state index contributed by atoms with van der Waals surface area (Å²) >= 11 is 16.3. The van der Waals surface area contributed by atoms with E-state index in [4.69, 9.17) is 34.8 Å². The lowest BCUT2D eigenvalue weighted by molar-refractivity contribution is -0.0632. The van der Waals surface area contributed by atoms with Crippen LogP contribution >= 0.6 is 34.8 Å². The van der Waals surface area contributed by atoms with E-state index in [9.17, 15) is 10.0 Å². The third-order valence-electron chi connectivity index (χ3n) is 2.09. The van der Waals surface area contributed by atoms with Crippen LogP contribution in [0.1, 0.15) is 5.56 Å². The van der Waals surface area contributed by atoms with Crippen molar-refractivity contribution in [2.24, 2.45) is 0 Å². The van der Waals surface area contributed by atoms with Crippen LogP contribution in [0.5, 0.6) is 0 Å². The van der Waals surface area contributed by atoms with Crippen molar-refractivity contribution < 1.29 is 14.7 Å². The van der Waals surface area contributed by atoms with Gasteiger partial charge in [-0.15, -0.1) is 0 Å². The highest BCUT2D eigenvalue weighted by Crippen LogP contribution is 2.26. The normalized spacial score (nSPS) is 10.9. The first-order valence-corrected chi connectivity index (χ1v) is 6.36. The highest BCUT2D eigenvalue weighted by atomic mass is 35.6. The van der Waals surface area contributed by atoms with E-state index in [-0.39, 0.29) is 6.54 Å². The zero-order valence-corrected chi connectivity index (χ0v) is 12.1. The zero-order valence-electron chi connectivity index (χ0n) is 9.85. The van der Waals surface area contributed by atoms with Crippen LogP contribution in [0.4, 0.5) is 4.79 Å². The summed E-state index contributed by atoms with van der Waals surface area (Å²) in [6, 6.07) is 9.11. The third-order valence-corrected chi connectivity index (χ3v) is 2.42. The van der Waals surface area contributed by atoms with Crippen molar-refractivity contribution in [1.82, 2.24) is 5.06 Å². The van der Waals surface area contributed by atoms with Crippen LogP contribution in [0.2, 0.25) is 0 Å². The molecule has 1 aromatic carbocycles. The summed E-state index contributed by atoms with van der Waals surface area (Å²) in [6.45, 7) is 3.21. The number of hydroxylamine groups is 2. The molecule has 7 heteroatoms. The third kappa shape index (κ3) is 6.16. The summed E-state index contributed by atoms with van der Waals surface area (Å²) in [7, 11) is 0. The molecule has 0 radical (unpaired) electrons. The molecule has 4 nitrogen and oxygen atoms in total. The molecule has 1 N–H and O–H groups in total. The van der Waals surface area contributed by atoms with E-state index in [1.807, 2.05) is 30.3 Å². The van der Waals surface area contributed by atoms with Crippen molar-refractivity contribution in [3.05, 3.63) is 42.5 Å². The second-order valence-corrected chi connectivity index (χ2v) is 6.21. The van der Waals surface area contributed by atoms with Crippen LogP contribution in [0.15, 0.2) is 36.9 Å². The molecule has 0 aliphatic rings. The number of rotatable bonds is 4. The molecule has 104 valence electrons. The van der Waals surface area contributed by atoms with E-state index in [1.54, 1.807) is 0 Å². The van der Waals surface area contributed by atoms with Crippen molar-refractivity contribution in [1.29, 1.82) is 0 Å². The van der Waals surface area contributed by atoms with E-state index in [0.29, 0.717) is 10.6 Å². The molecule has 0 spiro atoms. The SMILES string of the molecule is C=C(CN(O)C(=O)OCC(Cl)(Cl)Cl)c1ccccc1. The van der Waals surface area contributed by atoms with Crippen LogP contribution in [0, 0.1) is 0 Å². The minimum atomic E-state index is -1.72. The molecule has 19 heavy (non-hydrogen) atoms. The molecule has 0 unspecified atom stereocenters. The molecule has 0 aliphatic heterocycles. The number of halogens is 3. The van der Waals surface area contributed by atoms with Crippen molar-refractivity contribution in [2.75, 3.05) is 13.2 Å². The van der Waals surface area contributed by atoms with Crippen LogP contribution in [0.3, 0.4) is 0 Å². The Morgan fingerprint density at radius 1 is 1.32 bits per heavy atom. The topological polar surface area (TPSA) is 49.8 Å². The minimum absolute atomic E-state index is 0.108. The number of carbonyl (C=O) groups excluding carboxylic acids is 1. The fourth-order valence-electron chi connectivity index (χ4n) is 1.23. The van der Waals surface area contributed by atoms with Crippen LogP contribution in [-0.2, 0) is 4.74 Å². The average molecular weight is 325 g/mol. The lowest BCUT2D eigenvalue weighted by Gasteiger charge is -2.18. The molecule has 0 atom stereocenters. The number of nitrogens with zero attached hydrogens (tertiary/aromatic N) is 1. The van der Waals surface area contributed by atoms with Gasteiger partial charge in [-0.25, -0.2) is 4.79 Å². The lowest BCUT2D eigenvalue weighted by atomic mass is 10.1. The van der Waals surface area contributed by atoms with Crippen molar-refractivity contribution in [2.45, 2.75) is 3.79 Å². The van der Waals surface area contributed by atoms with E-state index in [0.717, 1.165) is 5.56 Å². The lowest BCUT2D eigenvalue weighted by Crippen LogP contribution is -2.31. The summed E-state index contributed by atoms with van der Waals surface area (Å²) in [5, 5.41) is 9.88. The second-order valence-electron chi connectivity index (χ2n) is 3.70. The van der Waals surface area contributed by atoms with Gasteiger partial charge in [0.2, 0.25) is 3.79 Å². The Morgan fingerprint density at radius 3 is 2.42 bits per heavy atom. The Bertz CT molecular complexity index is 445. The summed E-state index contributed by atoms with van der Waals surface area (Å²) in [5.41, 5.74) is 1.35. The smallest absolute Gasteiger partial charge is 0.434 e. The Labute approximate surface area is 126 Å². The maximum absolute atomic E-state index is 11.4. The highest BCUT2D eigenvalue weighted by Gasteiger charge is 2.24. The first-order valence-electron chi connectivity index (χ1n) is 5.23. The molecule has 1 aromatic rings. The average Bonchev–Trinajstić information content (AvgIpc) is 2.36. The molecule has 0 heterocycles. The first-order chi connectivity index (χ1) is 8.79. The zero-order chi connectivity index (χ0) is 14.5. The second kappa shape index (κ2) is 7.01. The Kier molecular flexibility index (Phi) is 5.94. The largest absolute Gasteiger partial charge is 0.443 e. The number of ether oxygens (including phenoxy) is 1. The molecule has 0 bridgehead atoms. The van der Waals surface area contributed by atoms with Crippen molar-refractivity contribution >= 4 is 46.5 Å². The predicted molar refractivity (Wildman–Crippen MR) is 75.6 cm³/mol. The molecule has 0 saturated heterocycles. The number of benzene rings is 1. The predicted octanol–water partition coefficient (Wildman–Crippen LogP) is 3.90. The van der Waals surface area contributed by atoms with E-state index >= 15 is 0 Å². The summed E-state index contributed by atoms with van der Waals surface area (Å²) in [4.78, 5) is 11.4. The molecule has 0 fully saturated rings. The molecule has 0 saturated carbocycles. The van der Waals surface area contributed by atoms with E-state index < -0.39 is 16.5 Å². The van der Waals surface area contributed by atoms with Gasteiger partial charge in [-0.1, -0.05) is 71.7 Å². The molecular weight excluding hydrogens is 312 g/mol. The quantitative estimate of drug-likeness (QED) is 0.519. The van der Waals surface area contributed by atoms with Crippen molar-refractivity contribution in [3.8, 4) is 0 Å². The number of amides is 1. The summed E-state index contributed by atoms with van der Waals surface area (Å²) < 4.78 is 2.89. The van der Waals surface area contributed by atoms with Gasteiger partial charge in [0.1, 0.15) is 6.61 Å². The maximum atomic E-state index is 11.4. The Morgan fingerprint density at radius 2 is 1.89 bits per heavy atom. The van der Waals surface area contributed by atoms with Crippen LogP contribution in [0.25, 0.3) is 5.57 Å². The molecule has 1 rings (SSSR count). The number of alkyl halides is 3. The van der Waals surface area contributed by atoms with Crippen LogP contribution in [-0.4, -0.2) is 33.3 Å². The van der Waals surface area contributed by atoms with Gasteiger partial charge in [-0.05, 0) is 11.1 Å². The summed E-state index contributed by atoms with van der Waals surface area (Å²) in [5.74, 6) is 0. The van der Waals surface area contributed by atoms with Gasteiger partial charge in [-0.2, -0.15) is 5.06 Å². The highest BCUT2D eigenvalue weighted by molar-refractivity contribution is 6.67. The summed E-state index contributed by atoms with van der Waals surface area (Å²) in [6.07, 6.45) is -1.01. The first kappa shape index (κ1) is 16.1. The van der Waals surface area contributed by atoms with Crippen LogP contribution < -0.4 is 0 Å². The fraction of sp³-hybridized carbons (Fsp3) is 0.250. The maximum Gasteiger partial charge on any atom is 0.434 e. The van der Waals surface area contributed by atoms with Crippen molar-refractivity contribution in [3.63, 3.8) is 0 Å². The molecule has 1 amide bonds. The molecule has 0 aliphatic carbocycles. The standard InChI is InChI=1S/C12H12Cl3NO3/c1-9(10-5-3-2-4-6-10)7-16(18)11(17)19-8-12(13,14)15/h2-6,18H,1,7-8H2. The monoisotopic (exact) mass is 323 g/mol. The number of carbonyl (C=O) groups is 1. The number of hydrogen-bond acceptors (Lipinski definition) is 3.